The highest BCUT2D eigenvalue weighted by Crippen LogP contribution is 2.29. The molecule has 6 heteroatoms. The third kappa shape index (κ3) is 4.85. The van der Waals surface area contributed by atoms with Gasteiger partial charge in [-0.15, -0.1) is 0 Å². The van der Waals surface area contributed by atoms with Crippen LogP contribution in [0.25, 0.3) is 0 Å². The summed E-state index contributed by atoms with van der Waals surface area (Å²) < 4.78 is 0. The van der Waals surface area contributed by atoms with Gasteiger partial charge in [-0.25, -0.2) is 9.78 Å². The normalized spacial score (nSPS) is 9.87. The monoisotopic (exact) mass is 242 g/mol. The number of carboxylic acid groups (broad SMARTS) is 1. The number of aliphatic carboxylic acids is 1. The highest BCUT2D eigenvalue weighted by atomic mass is 33.1. The Morgan fingerprint density at radius 1 is 1.53 bits per heavy atom. The van der Waals surface area contributed by atoms with Gasteiger partial charge >= 0.3 is 5.97 Å². The molecule has 0 atom stereocenters. The molecule has 1 heterocycles. The Morgan fingerprint density at radius 2 is 2.33 bits per heavy atom. The first-order valence-electron chi connectivity index (χ1n) is 4.21. The van der Waals surface area contributed by atoms with Crippen LogP contribution in [0.1, 0.15) is 6.42 Å². The average molecular weight is 242 g/mol. The quantitative estimate of drug-likeness (QED) is 0.455. The summed E-state index contributed by atoms with van der Waals surface area (Å²) in [5.74, 6) is -0.537. The fourth-order valence-corrected chi connectivity index (χ4v) is 2.64. The maximum absolute atomic E-state index is 10.3. The zero-order valence-electron chi connectivity index (χ0n) is 7.84. The number of aromatic nitrogens is 1. The van der Waals surface area contributed by atoms with Gasteiger partial charge in [-0.05, 0) is 22.9 Å². The summed E-state index contributed by atoms with van der Waals surface area (Å²) in [7, 11) is 2.99. The molecule has 1 rings (SSSR count). The van der Waals surface area contributed by atoms with Crippen molar-refractivity contribution in [3.63, 3.8) is 0 Å². The van der Waals surface area contributed by atoms with E-state index >= 15 is 0 Å². The van der Waals surface area contributed by atoms with Gasteiger partial charge in [-0.1, -0.05) is 16.9 Å². The van der Waals surface area contributed by atoms with E-state index < -0.39 is 5.97 Å². The lowest BCUT2D eigenvalue weighted by molar-refractivity contribution is -0.129. The smallest absolute Gasteiger partial charge is 0.349 e. The van der Waals surface area contributed by atoms with Gasteiger partial charge in [0.1, 0.15) is 10.7 Å². The van der Waals surface area contributed by atoms with Crippen LogP contribution < -0.4 is 0 Å². The van der Waals surface area contributed by atoms with Crippen molar-refractivity contribution in [1.82, 2.24) is 4.98 Å². The third-order valence-electron chi connectivity index (χ3n) is 1.48. The van der Waals surface area contributed by atoms with E-state index in [1.165, 1.54) is 21.6 Å². The fraction of sp³-hybridized carbons (Fsp3) is 0.222. The van der Waals surface area contributed by atoms with Crippen molar-refractivity contribution < 1.29 is 9.90 Å². The zero-order valence-corrected chi connectivity index (χ0v) is 9.48. The van der Waals surface area contributed by atoms with Gasteiger partial charge in [0, 0.05) is 18.4 Å². The van der Waals surface area contributed by atoms with Crippen molar-refractivity contribution in [3.05, 3.63) is 24.4 Å². The minimum atomic E-state index is -1.14. The van der Waals surface area contributed by atoms with Crippen molar-refractivity contribution in [2.24, 2.45) is 0 Å². The van der Waals surface area contributed by atoms with Crippen molar-refractivity contribution in [2.45, 2.75) is 11.4 Å². The van der Waals surface area contributed by atoms with Crippen molar-refractivity contribution in [3.8, 4) is 0 Å². The molecule has 0 aliphatic rings. The van der Waals surface area contributed by atoms with Crippen LogP contribution in [0.2, 0.25) is 0 Å². The van der Waals surface area contributed by atoms with Crippen LogP contribution in [0.5, 0.6) is 0 Å². The molecule has 80 valence electrons. The SMILES string of the molecule is N=C(CCSSc1ccccn1)C(=O)O. The summed E-state index contributed by atoms with van der Waals surface area (Å²) in [6.45, 7) is 0. The molecule has 15 heavy (non-hydrogen) atoms. The fourth-order valence-electron chi connectivity index (χ4n) is 0.749. The molecule has 1 aromatic heterocycles. The standard InChI is InChI=1S/C9H10N2O2S2/c10-7(9(12)13)4-6-14-15-8-3-1-2-5-11-8/h1-3,5,10H,4,6H2,(H,12,13). The highest BCUT2D eigenvalue weighted by Gasteiger charge is 2.05. The zero-order chi connectivity index (χ0) is 11.1. The average Bonchev–Trinajstić information content (AvgIpc) is 2.25. The Morgan fingerprint density at radius 3 is 2.93 bits per heavy atom. The number of hydrogen-bond acceptors (Lipinski definition) is 5. The van der Waals surface area contributed by atoms with Crippen LogP contribution in [-0.4, -0.2) is 27.5 Å². The Bertz CT molecular complexity index is 343. The summed E-state index contributed by atoms with van der Waals surface area (Å²) in [5, 5.41) is 16.4. The van der Waals surface area contributed by atoms with E-state index in [1.54, 1.807) is 6.20 Å². The van der Waals surface area contributed by atoms with Crippen LogP contribution in [0.3, 0.4) is 0 Å². The van der Waals surface area contributed by atoms with Crippen LogP contribution in [0, 0.1) is 5.41 Å². The van der Waals surface area contributed by atoms with Crippen molar-refractivity contribution in [1.29, 1.82) is 5.41 Å². The van der Waals surface area contributed by atoms with Crippen LogP contribution in [0.15, 0.2) is 29.4 Å². The summed E-state index contributed by atoms with van der Waals surface area (Å²) in [5.41, 5.74) is -0.246. The number of hydrogen-bond donors (Lipinski definition) is 2. The second-order valence-corrected chi connectivity index (χ2v) is 5.04. The molecule has 2 N–H and O–H groups in total. The number of nitrogens with zero attached hydrogens (tertiary/aromatic N) is 1. The maximum Gasteiger partial charge on any atom is 0.349 e. The Hall–Kier alpha value is -1.01. The highest BCUT2D eigenvalue weighted by molar-refractivity contribution is 8.76. The summed E-state index contributed by atoms with van der Waals surface area (Å²) in [6.07, 6.45) is 1.99. The van der Waals surface area contributed by atoms with Gasteiger partial charge < -0.3 is 5.11 Å². The topological polar surface area (TPSA) is 74.0 Å². The van der Waals surface area contributed by atoms with Crippen molar-refractivity contribution in [2.75, 3.05) is 5.75 Å². The predicted octanol–water partition coefficient (Wildman–Crippen LogP) is 2.32. The first kappa shape index (κ1) is 12.1. The lowest BCUT2D eigenvalue weighted by atomic mass is 10.3. The Labute approximate surface area is 95.4 Å². The molecule has 0 amide bonds. The van der Waals surface area contributed by atoms with Gasteiger partial charge in [0.25, 0.3) is 0 Å². The van der Waals surface area contributed by atoms with Crippen molar-refractivity contribution >= 4 is 33.3 Å². The minimum Gasteiger partial charge on any atom is -0.477 e. The van der Waals surface area contributed by atoms with Gasteiger partial charge in [0.2, 0.25) is 0 Å². The van der Waals surface area contributed by atoms with E-state index in [1.807, 2.05) is 18.2 Å². The molecule has 0 spiro atoms. The Kier molecular flexibility index (Phi) is 5.20. The molecule has 0 aliphatic heterocycles. The van der Waals surface area contributed by atoms with E-state index in [0.29, 0.717) is 5.75 Å². The number of pyridine rings is 1. The van der Waals surface area contributed by atoms with E-state index in [2.05, 4.69) is 4.98 Å². The lowest BCUT2D eigenvalue weighted by Crippen LogP contribution is -2.11. The number of carbonyl (C=O) groups is 1. The largest absolute Gasteiger partial charge is 0.477 e. The molecule has 0 aromatic carbocycles. The van der Waals surface area contributed by atoms with Gasteiger partial charge in [-0.2, -0.15) is 0 Å². The van der Waals surface area contributed by atoms with E-state index in [0.717, 1.165) is 5.03 Å². The molecule has 0 saturated carbocycles. The van der Waals surface area contributed by atoms with E-state index in [4.69, 9.17) is 10.5 Å². The molecular weight excluding hydrogens is 232 g/mol. The molecule has 4 nitrogen and oxygen atoms in total. The van der Waals surface area contributed by atoms with Gasteiger partial charge in [-0.3, -0.25) is 5.41 Å². The van der Waals surface area contributed by atoms with Gasteiger partial charge in [0.15, 0.2) is 0 Å². The number of nitrogens with one attached hydrogen (secondary N) is 1. The second-order valence-electron chi connectivity index (χ2n) is 2.61. The lowest BCUT2D eigenvalue weighted by Gasteiger charge is -1.99. The molecular formula is C9H10N2O2S2. The van der Waals surface area contributed by atoms with E-state index in [9.17, 15) is 4.79 Å². The summed E-state index contributed by atoms with van der Waals surface area (Å²) in [6, 6.07) is 5.63. The molecule has 0 saturated heterocycles. The minimum absolute atomic E-state index is 0.246. The number of carboxylic acids is 1. The van der Waals surface area contributed by atoms with Crippen LogP contribution in [0.4, 0.5) is 0 Å². The summed E-state index contributed by atoms with van der Waals surface area (Å²) in [4.78, 5) is 14.4. The third-order valence-corrected chi connectivity index (χ3v) is 3.74. The molecule has 0 bridgehead atoms. The van der Waals surface area contributed by atoms with Crippen LogP contribution >= 0.6 is 21.6 Å². The maximum atomic E-state index is 10.3. The molecule has 0 fully saturated rings. The predicted molar refractivity (Wildman–Crippen MR) is 62.5 cm³/mol. The first-order chi connectivity index (χ1) is 7.20. The molecule has 0 aliphatic carbocycles. The first-order valence-corrected chi connectivity index (χ1v) is 6.53. The Balaban J connectivity index is 2.18. The molecule has 0 radical (unpaired) electrons. The number of rotatable bonds is 6. The molecule has 1 aromatic rings. The van der Waals surface area contributed by atoms with Crippen LogP contribution in [-0.2, 0) is 4.79 Å². The second kappa shape index (κ2) is 6.47. The molecule has 0 unspecified atom stereocenters. The van der Waals surface area contributed by atoms with Gasteiger partial charge in [0.05, 0.1) is 0 Å². The summed E-state index contributed by atoms with van der Waals surface area (Å²) >= 11 is 0. The van der Waals surface area contributed by atoms with E-state index in [-0.39, 0.29) is 12.1 Å².